The van der Waals surface area contributed by atoms with Crippen LogP contribution in [0.25, 0.3) is 11.3 Å². The van der Waals surface area contributed by atoms with Crippen LogP contribution in [0.1, 0.15) is 24.6 Å². The quantitative estimate of drug-likeness (QED) is 0.868. The summed E-state index contributed by atoms with van der Waals surface area (Å²) in [6.07, 6.45) is 2.37. The lowest BCUT2D eigenvalue weighted by molar-refractivity contribution is 0.131. The van der Waals surface area contributed by atoms with Crippen molar-refractivity contribution >= 4 is 6.09 Å². The summed E-state index contributed by atoms with van der Waals surface area (Å²) in [5, 5.41) is 9.13. The third-order valence-corrected chi connectivity index (χ3v) is 4.94. The molecule has 1 aliphatic heterocycles. The van der Waals surface area contributed by atoms with Crippen molar-refractivity contribution in [2.75, 3.05) is 33.7 Å². The van der Waals surface area contributed by atoms with Crippen molar-refractivity contribution < 1.29 is 18.7 Å². The average molecular weight is 378 g/mol. The zero-order valence-corrected chi connectivity index (χ0v) is 15.5. The molecule has 27 heavy (non-hydrogen) atoms. The highest BCUT2D eigenvalue weighted by Gasteiger charge is 2.27. The Balaban J connectivity index is 1.88. The number of rotatable bonds is 5. The second-order valence-corrected chi connectivity index (χ2v) is 7.15. The van der Waals surface area contributed by atoms with E-state index in [1.165, 1.54) is 11.0 Å². The molecule has 1 aliphatic rings. The molecular formula is C19H24F2N4O2. The molecule has 0 spiro atoms. The molecule has 0 unspecified atom stereocenters. The van der Waals surface area contributed by atoms with Crippen LogP contribution in [0.3, 0.4) is 0 Å². The van der Waals surface area contributed by atoms with E-state index >= 15 is 0 Å². The van der Waals surface area contributed by atoms with Crippen molar-refractivity contribution in [1.29, 1.82) is 0 Å². The first-order valence-electron chi connectivity index (χ1n) is 9.00. The normalized spacial score (nSPS) is 15.5. The van der Waals surface area contributed by atoms with Gasteiger partial charge in [-0.15, -0.1) is 0 Å². The summed E-state index contributed by atoms with van der Waals surface area (Å²) in [4.78, 5) is 19.3. The molecular weight excluding hydrogens is 354 g/mol. The molecule has 1 aromatic carbocycles. The summed E-state index contributed by atoms with van der Waals surface area (Å²) in [6.45, 7) is 2.48. The lowest BCUT2D eigenvalue weighted by atomic mass is 9.96. The zero-order valence-electron chi connectivity index (χ0n) is 15.5. The number of halogens is 2. The molecule has 3 rings (SSSR count). The predicted octanol–water partition coefficient (Wildman–Crippen LogP) is 3.25. The number of carboxylic acid groups (broad SMARTS) is 1. The summed E-state index contributed by atoms with van der Waals surface area (Å²) in [7, 11) is 3.97. The lowest BCUT2D eigenvalue weighted by Gasteiger charge is -2.30. The Bertz CT molecular complexity index is 814. The molecule has 1 saturated heterocycles. The standard InChI is InChI=1S/C19H24F2N4O2/c1-23(2)9-10-25-12-17(14-3-4-15(20)16(21)11-14)22-18(25)13-5-7-24(8-6-13)19(26)27/h3-4,11-13H,5-10H2,1-2H3,(H,26,27). The van der Waals surface area contributed by atoms with Crippen LogP contribution >= 0.6 is 0 Å². The van der Waals surface area contributed by atoms with Crippen LogP contribution in [0, 0.1) is 11.6 Å². The fourth-order valence-corrected chi connectivity index (χ4v) is 3.37. The first-order chi connectivity index (χ1) is 12.8. The molecule has 0 aliphatic carbocycles. The molecule has 1 N–H and O–H groups in total. The molecule has 2 heterocycles. The van der Waals surface area contributed by atoms with Crippen molar-refractivity contribution in [2.24, 2.45) is 0 Å². The average Bonchev–Trinajstić information content (AvgIpc) is 3.06. The molecule has 0 radical (unpaired) electrons. The van der Waals surface area contributed by atoms with Gasteiger partial charge in [-0.1, -0.05) is 0 Å². The Labute approximate surface area is 157 Å². The highest BCUT2D eigenvalue weighted by molar-refractivity contribution is 5.65. The van der Waals surface area contributed by atoms with Crippen LogP contribution in [-0.4, -0.2) is 64.3 Å². The van der Waals surface area contributed by atoms with Gasteiger partial charge in [-0.25, -0.2) is 18.6 Å². The summed E-state index contributed by atoms with van der Waals surface area (Å²) < 4.78 is 28.9. The first-order valence-corrected chi connectivity index (χ1v) is 9.00. The highest BCUT2D eigenvalue weighted by Crippen LogP contribution is 2.30. The molecule has 0 atom stereocenters. The molecule has 1 fully saturated rings. The van der Waals surface area contributed by atoms with Crippen LogP contribution in [0.5, 0.6) is 0 Å². The zero-order chi connectivity index (χ0) is 19.6. The van der Waals surface area contributed by atoms with Gasteiger partial charge < -0.3 is 19.5 Å². The molecule has 1 aromatic heterocycles. The van der Waals surface area contributed by atoms with E-state index in [2.05, 4.69) is 9.47 Å². The minimum absolute atomic E-state index is 0.141. The van der Waals surface area contributed by atoms with E-state index in [1.54, 1.807) is 0 Å². The molecule has 1 amide bonds. The molecule has 146 valence electrons. The molecule has 8 heteroatoms. The van der Waals surface area contributed by atoms with Gasteiger partial charge in [0.2, 0.25) is 0 Å². The van der Waals surface area contributed by atoms with E-state index < -0.39 is 17.7 Å². The minimum atomic E-state index is -0.897. The first kappa shape index (κ1) is 19.3. The number of likely N-dealkylation sites (tertiary alicyclic amines) is 1. The highest BCUT2D eigenvalue weighted by atomic mass is 19.2. The Kier molecular flexibility index (Phi) is 5.74. The van der Waals surface area contributed by atoms with Crippen molar-refractivity contribution in [3.05, 3.63) is 41.9 Å². The van der Waals surface area contributed by atoms with E-state index in [-0.39, 0.29) is 5.92 Å². The topological polar surface area (TPSA) is 61.6 Å². The second-order valence-electron chi connectivity index (χ2n) is 7.15. The Hall–Kier alpha value is -2.48. The Morgan fingerprint density at radius 2 is 1.96 bits per heavy atom. The number of nitrogens with zero attached hydrogens (tertiary/aromatic N) is 4. The largest absolute Gasteiger partial charge is 0.465 e. The fraction of sp³-hybridized carbons (Fsp3) is 0.474. The summed E-state index contributed by atoms with van der Waals surface area (Å²) in [5.74, 6) is -0.762. The van der Waals surface area contributed by atoms with Gasteiger partial charge >= 0.3 is 6.09 Å². The van der Waals surface area contributed by atoms with Gasteiger partial charge in [-0.3, -0.25) is 0 Å². The van der Waals surface area contributed by atoms with Crippen molar-refractivity contribution in [2.45, 2.75) is 25.3 Å². The van der Waals surface area contributed by atoms with E-state index in [4.69, 9.17) is 10.1 Å². The van der Waals surface area contributed by atoms with Crippen LogP contribution in [0.4, 0.5) is 13.6 Å². The van der Waals surface area contributed by atoms with Gasteiger partial charge in [-0.2, -0.15) is 0 Å². The van der Waals surface area contributed by atoms with Gasteiger partial charge in [0.15, 0.2) is 11.6 Å². The molecule has 0 bridgehead atoms. The third kappa shape index (κ3) is 4.44. The minimum Gasteiger partial charge on any atom is -0.465 e. The smallest absolute Gasteiger partial charge is 0.407 e. The molecule has 0 saturated carbocycles. The van der Waals surface area contributed by atoms with Gasteiger partial charge in [0.1, 0.15) is 5.82 Å². The summed E-state index contributed by atoms with van der Waals surface area (Å²) in [5.41, 5.74) is 1.13. The second kappa shape index (κ2) is 8.04. The van der Waals surface area contributed by atoms with Crippen LogP contribution < -0.4 is 0 Å². The van der Waals surface area contributed by atoms with E-state index in [1.807, 2.05) is 20.3 Å². The van der Waals surface area contributed by atoms with E-state index in [0.29, 0.717) is 37.2 Å². The fourth-order valence-electron chi connectivity index (χ4n) is 3.37. The van der Waals surface area contributed by atoms with Gasteiger partial charge in [0.05, 0.1) is 5.69 Å². The number of amides is 1. The monoisotopic (exact) mass is 378 g/mol. The Morgan fingerprint density at radius 1 is 1.26 bits per heavy atom. The number of benzene rings is 1. The number of carbonyl (C=O) groups is 1. The number of aromatic nitrogens is 2. The summed E-state index contributed by atoms with van der Waals surface area (Å²) in [6, 6.07) is 3.78. The van der Waals surface area contributed by atoms with Crippen LogP contribution in [0.15, 0.2) is 24.4 Å². The maximum atomic E-state index is 13.6. The predicted molar refractivity (Wildman–Crippen MR) is 97.7 cm³/mol. The SMILES string of the molecule is CN(C)CCn1cc(-c2ccc(F)c(F)c2)nc1C1CCN(C(=O)O)CC1. The maximum absolute atomic E-state index is 13.6. The van der Waals surface area contributed by atoms with E-state index in [9.17, 15) is 13.6 Å². The van der Waals surface area contributed by atoms with Crippen molar-refractivity contribution in [3.63, 3.8) is 0 Å². The van der Waals surface area contributed by atoms with Gasteiger partial charge in [0, 0.05) is 43.9 Å². The maximum Gasteiger partial charge on any atom is 0.407 e. The van der Waals surface area contributed by atoms with Crippen LogP contribution in [0.2, 0.25) is 0 Å². The van der Waals surface area contributed by atoms with Gasteiger partial charge in [-0.05, 0) is 45.1 Å². The third-order valence-electron chi connectivity index (χ3n) is 4.94. The number of piperidine rings is 1. The molecule has 2 aromatic rings. The number of hydrogen-bond donors (Lipinski definition) is 1. The van der Waals surface area contributed by atoms with Crippen molar-refractivity contribution in [3.8, 4) is 11.3 Å². The lowest BCUT2D eigenvalue weighted by Crippen LogP contribution is -2.37. The molecule has 6 nitrogen and oxygen atoms in total. The summed E-state index contributed by atoms with van der Waals surface area (Å²) >= 11 is 0. The number of hydrogen-bond acceptors (Lipinski definition) is 3. The van der Waals surface area contributed by atoms with Crippen LogP contribution in [-0.2, 0) is 6.54 Å². The van der Waals surface area contributed by atoms with Crippen molar-refractivity contribution in [1.82, 2.24) is 19.4 Å². The number of likely N-dealkylation sites (N-methyl/N-ethyl adjacent to an activating group) is 1. The number of imidazole rings is 1. The van der Waals surface area contributed by atoms with E-state index in [0.717, 1.165) is 31.0 Å². The van der Waals surface area contributed by atoms with Gasteiger partial charge in [0.25, 0.3) is 0 Å². The Morgan fingerprint density at radius 3 is 2.56 bits per heavy atom.